The third-order valence-corrected chi connectivity index (χ3v) is 4.58. The van der Waals surface area contributed by atoms with E-state index in [1.165, 1.54) is 6.42 Å². The van der Waals surface area contributed by atoms with Crippen LogP contribution in [0.5, 0.6) is 0 Å². The number of nitrogens with two attached hydrogens (primary N) is 1. The van der Waals surface area contributed by atoms with Gasteiger partial charge >= 0.3 is 0 Å². The molecule has 1 aliphatic heterocycles. The van der Waals surface area contributed by atoms with Gasteiger partial charge in [-0.15, -0.1) is 0 Å². The van der Waals surface area contributed by atoms with E-state index in [1.807, 2.05) is 11.8 Å². The highest BCUT2D eigenvalue weighted by atomic mass is 16.2. The van der Waals surface area contributed by atoms with Gasteiger partial charge in [0.25, 0.3) is 0 Å². The molecule has 0 bridgehead atoms. The fourth-order valence-corrected chi connectivity index (χ4v) is 3.44. The van der Waals surface area contributed by atoms with Crippen LogP contribution in [0.3, 0.4) is 0 Å². The van der Waals surface area contributed by atoms with Crippen molar-refractivity contribution in [1.82, 2.24) is 4.90 Å². The highest BCUT2D eigenvalue weighted by Crippen LogP contribution is 2.29. The summed E-state index contributed by atoms with van der Waals surface area (Å²) >= 11 is 0. The normalized spacial score (nSPS) is 22.1. The summed E-state index contributed by atoms with van der Waals surface area (Å²) in [6.45, 7) is 9.18. The lowest BCUT2D eigenvalue weighted by molar-refractivity contribution is -0.145. The molecule has 0 aromatic rings. The minimum Gasteiger partial charge on any atom is -0.369 e. The predicted octanol–water partition coefficient (Wildman–Crippen LogP) is 2.95. The summed E-state index contributed by atoms with van der Waals surface area (Å²) in [5.41, 5.74) is 5.59. The first-order valence-electron chi connectivity index (χ1n) is 8.48. The molecular formula is C17H32N2O2. The van der Waals surface area contributed by atoms with E-state index in [0.717, 1.165) is 32.2 Å². The predicted molar refractivity (Wildman–Crippen MR) is 85.6 cm³/mol. The molecule has 122 valence electrons. The molecule has 4 nitrogen and oxygen atoms in total. The van der Waals surface area contributed by atoms with Gasteiger partial charge in [0, 0.05) is 24.4 Å². The number of carbonyl (C=O) groups is 2. The van der Waals surface area contributed by atoms with Crippen LogP contribution < -0.4 is 5.73 Å². The summed E-state index contributed by atoms with van der Waals surface area (Å²) in [6, 6.07) is 0.288. The average Bonchev–Trinajstić information content (AvgIpc) is 2.42. The topological polar surface area (TPSA) is 63.4 Å². The maximum absolute atomic E-state index is 13.0. The van der Waals surface area contributed by atoms with E-state index in [-0.39, 0.29) is 29.7 Å². The molecule has 2 N–H and O–H groups in total. The molecule has 0 aromatic carbocycles. The molecular weight excluding hydrogens is 264 g/mol. The zero-order valence-corrected chi connectivity index (χ0v) is 14.1. The first-order chi connectivity index (χ1) is 9.88. The van der Waals surface area contributed by atoms with E-state index < -0.39 is 0 Å². The molecule has 0 radical (unpaired) electrons. The second-order valence-corrected chi connectivity index (χ2v) is 6.91. The summed E-state index contributed by atoms with van der Waals surface area (Å²) in [4.78, 5) is 26.8. The molecule has 0 spiro atoms. The summed E-state index contributed by atoms with van der Waals surface area (Å²) in [6.07, 6.45) is 5.66. The monoisotopic (exact) mass is 296 g/mol. The highest BCUT2D eigenvalue weighted by molar-refractivity contribution is 5.87. The van der Waals surface area contributed by atoms with Crippen molar-refractivity contribution < 1.29 is 9.59 Å². The Balaban J connectivity index is 2.93. The Labute approximate surface area is 129 Å². The van der Waals surface area contributed by atoms with Crippen LogP contribution in [0.1, 0.15) is 66.2 Å². The van der Waals surface area contributed by atoms with E-state index in [2.05, 4.69) is 20.8 Å². The number of rotatable bonds is 7. The van der Waals surface area contributed by atoms with Gasteiger partial charge in [0.15, 0.2) is 0 Å². The molecule has 0 saturated carbocycles. The van der Waals surface area contributed by atoms with Gasteiger partial charge in [-0.2, -0.15) is 0 Å². The molecule has 1 fully saturated rings. The quantitative estimate of drug-likeness (QED) is 0.785. The van der Waals surface area contributed by atoms with Crippen molar-refractivity contribution in [1.29, 1.82) is 0 Å². The molecule has 21 heavy (non-hydrogen) atoms. The smallest absolute Gasteiger partial charge is 0.226 e. The summed E-state index contributed by atoms with van der Waals surface area (Å²) in [5, 5.41) is 0. The summed E-state index contributed by atoms with van der Waals surface area (Å²) in [5.74, 6) is -0.353. The molecule has 1 heterocycles. The van der Waals surface area contributed by atoms with Crippen molar-refractivity contribution in [3.05, 3.63) is 0 Å². The third-order valence-electron chi connectivity index (χ3n) is 4.58. The number of nitrogens with zero attached hydrogens (tertiary/aromatic N) is 1. The van der Waals surface area contributed by atoms with Crippen molar-refractivity contribution in [2.75, 3.05) is 6.54 Å². The largest absolute Gasteiger partial charge is 0.369 e. The van der Waals surface area contributed by atoms with E-state index in [1.54, 1.807) is 0 Å². The van der Waals surface area contributed by atoms with Crippen LogP contribution in [0.25, 0.3) is 0 Å². The molecule has 3 atom stereocenters. The van der Waals surface area contributed by atoms with Crippen LogP contribution in [0.2, 0.25) is 0 Å². The maximum atomic E-state index is 13.0. The molecule has 1 saturated heterocycles. The number of hydrogen-bond donors (Lipinski definition) is 1. The first-order valence-corrected chi connectivity index (χ1v) is 8.48. The molecule has 0 aliphatic carbocycles. The average molecular weight is 296 g/mol. The molecule has 1 rings (SSSR count). The molecule has 1 aliphatic rings. The zero-order valence-electron chi connectivity index (χ0n) is 14.1. The van der Waals surface area contributed by atoms with Crippen molar-refractivity contribution in [3.8, 4) is 0 Å². The van der Waals surface area contributed by atoms with Crippen molar-refractivity contribution >= 4 is 11.8 Å². The van der Waals surface area contributed by atoms with Gasteiger partial charge in [-0.3, -0.25) is 9.59 Å². The lowest BCUT2D eigenvalue weighted by Crippen LogP contribution is -2.48. The van der Waals surface area contributed by atoms with Crippen molar-refractivity contribution in [2.24, 2.45) is 23.5 Å². The van der Waals surface area contributed by atoms with Crippen LogP contribution in [0, 0.1) is 17.8 Å². The molecule has 1 unspecified atom stereocenters. The molecule has 4 heteroatoms. The lowest BCUT2D eigenvalue weighted by atomic mass is 9.80. The van der Waals surface area contributed by atoms with Gasteiger partial charge < -0.3 is 10.6 Å². The van der Waals surface area contributed by atoms with Gasteiger partial charge in [-0.05, 0) is 44.9 Å². The van der Waals surface area contributed by atoms with Crippen LogP contribution >= 0.6 is 0 Å². The number of amides is 2. The fourth-order valence-electron chi connectivity index (χ4n) is 3.44. The van der Waals surface area contributed by atoms with Crippen LogP contribution in [0.15, 0.2) is 0 Å². The Morgan fingerprint density at radius 1 is 1.24 bits per heavy atom. The third kappa shape index (κ3) is 5.01. The SMILES string of the molecule is CCC[C@H](C(N)=O)[C@@H](CC(C)C)C(=O)N1CCCCC1C. The number of piperidine rings is 1. The maximum Gasteiger partial charge on any atom is 0.226 e. The van der Waals surface area contributed by atoms with Crippen molar-refractivity contribution in [3.63, 3.8) is 0 Å². The fraction of sp³-hybridized carbons (Fsp3) is 0.882. The lowest BCUT2D eigenvalue weighted by Gasteiger charge is -2.38. The Bertz CT molecular complexity index is 355. The van der Waals surface area contributed by atoms with E-state index in [0.29, 0.717) is 12.3 Å². The minimum absolute atomic E-state index is 0.146. The Morgan fingerprint density at radius 3 is 2.38 bits per heavy atom. The summed E-state index contributed by atoms with van der Waals surface area (Å²) in [7, 11) is 0. The number of primary amides is 1. The van der Waals surface area contributed by atoms with Gasteiger partial charge in [0.1, 0.15) is 0 Å². The van der Waals surface area contributed by atoms with Gasteiger partial charge in [0.2, 0.25) is 11.8 Å². The van der Waals surface area contributed by atoms with Crippen LogP contribution in [0.4, 0.5) is 0 Å². The van der Waals surface area contributed by atoms with Gasteiger partial charge in [-0.25, -0.2) is 0 Å². The zero-order chi connectivity index (χ0) is 16.0. The van der Waals surface area contributed by atoms with Gasteiger partial charge in [-0.1, -0.05) is 27.2 Å². The second kappa shape index (κ2) is 8.40. The minimum atomic E-state index is -0.320. The Hall–Kier alpha value is -1.06. The van der Waals surface area contributed by atoms with Crippen LogP contribution in [-0.2, 0) is 9.59 Å². The van der Waals surface area contributed by atoms with E-state index in [9.17, 15) is 9.59 Å². The number of likely N-dealkylation sites (tertiary alicyclic amines) is 1. The number of carbonyl (C=O) groups excluding carboxylic acids is 2. The standard InChI is InChI=1S/C17H32N2O2/c1-5-8-14(16(18)20)15(11-12(2)3)17(21)19-10-7-6-9-13(19)4/h12-15H,5-11H2,1-4H3,(H2,18,20)/t13?,14-,15+/m0/s1. The van der Waals surface area contributed by atoms with Gasteiger partial charge in [0.05, 0.1) is 0 Å². The first kappa shape index (κ1) is 18.0. The molecule has 0 aromatic heterocycles. The Kier molecular flexibility index (Phi) is 7.20. The number of hydrogen-bond acceptors (Lipinski definition) is 2. The van der Waals surface area contributed by atoms with Crippen LogP contribution in [-0.4, -0.2) is 29.3 Å². The highest BCUT2D eigenvalue weighted by Gasteiger charge is 2.36. The summed E-state index contributed by atoms with van der Waals surface area (Å²) < 4.78 is 0. The van der Waals surface area contributed by atoms with E-state index in [4.69, 9.17) is 5.73 Å². The molecule has 2 amide bonds. The van der Waals surface area contributed by atoms with Crippen molar-refractivity contribution in [2.45, 2.75) is 72.3 Å². The Morgan fingerprint density at radius 2 is 1.90 bits per heavy atom. The van der Waals surface area contributed by atoms with E-state index >= 15 is 0 Å². The second-order valence-electron chi connectivity index (χ2n) is 6.91.